The molecule has 140 valence electrons. The molecular formula is C20H21ClN4OS. The summed E-state index contributed by atoms with van der Waals surface area (Å²) in [5.41, 5.74) is 3.88. The molecule has 0 saturated carbocycles. The van der Waals surface area contributed by atoms with E-state index in [4.69, 9.17) is 11.6 Å². The number of benzene rings is 2. The minimum atomic E-state index is -0.0746. The second kappa shape index (κ2) is 8.59. The fraction of sp³-hybridized carbons (Fsp3) is 0.250. The van der Waals surface area contributed by atoms with Crippen LogP contribution in [0.4, 0.5) is 5.69 Å². The molecule has 3 aromatic rings. The Kier molecular flexibility index (Phi) is 6.19. The van der Waals surface area contributed by atoms with E-state index in [0.717, 1.165) is 28.2 Å². The third-order valence-corrected chi connectivity index (χ3v) is 5.50. The normalized spacial score (nSPS) is 10.8. The van der Waals surface area contributed by atoms with Crippen LogP contribution in [-0.4, -0.2) is 26.4 Å². The molecule has 3 rings (SSSR count). The number of anilines is 1. The first-order valence-electron chi connectivity index (χ1n) is 8.67. The number of nitrogens with zero attached hydrogens (tertiary/aromatic N) is 3. The number of aryl methyl sites for hydroxylation is 2. The van der Waals surface area contributed by atoms with Gasteiger partial charge in [0.15, 0.2) is 11.0 Å². The van der Waals surface area contributed by atoms with Crippen molar-refractivity contribution in [2.24, 2.45) is 0 Å². The van der Waals surface area contributed by atoms with Crippen LogP contribution in [-0.2, 0) is 11.3 Å². The Morgan fingerprint density at radius 2 is 1.89 bits per heavy atom. The van der Waals surface area contributed by atoms with Crippen LogP contribution in [0.3, 0.4) is 0 Å². The van der Waals surface area contributed by atoms with Crippen molar-refractivity contribution in [2.75, 3.05) is 11.1 Å². The molecule has 1 N–H and O–H groups in total. The summed E-state index contributed by atoms with van der Waals surface area (Å²) in [5.74, 6) is 0.941. The van der Waals surface area contributed by atoms with Gasteiger partial charge in [-0.1, -0.05) is 53.2 Å². The summed E-state index contributed by atoms with van der Waals surface area (Å²) in [6.07, 6.45) is 0. The number of carbonyl (C=O) groups is 1. The molecule has 0 saturated heterocycles. The smallest absolute Gasteiger partial charge is 0.234 e. The zero-order valence-corrected chi connectivity index (χ0v) is 17.1. The highest BCUT2D eigenvalue weighted by molar-refractivity contribution is 7.99. The van der Waals surface area contributed by atoms with Crippen molar-refractivity contribution in [1.29, 1.82) is 0 Å². The van der Waals surface area contributed by atoms with Crippen molar-refractivity contribution in [3.63, 3.8) is 0 Å². The molecule has 0 spiro atoms. The van der Waals surface area contributed by atoms with Gasteiger partial charge in [-0.25, -0.2) is 0 Å². The Labute approximate surface area is 168 Å². The van der Waals surface area contributed by atoms with E-state index in [9.17, 15) is 4.79 Å². The minimum absolute atomic E-state index is 0.0746. The van der Waals surface area contributed by atoms with E-state index in [-0.39, 0.29) is 11.7 Å². The Balaban J connectivity index is 1.70. The van der Waals surface area contributed by atoms with Gasteiger partial charge < -0.3 is 9.88 Å². The maximum absolute atomic E-state index is 12.2. The van der Waals surface area contributed by atoms with Crippen molar-refractivity contribution < 1.29 is 4.79 Å². The predicted molar refractivity (Wildman–Crippen MR) is 111 cm³/mol. The van der Waals surface area contributed by atoms with E-state index in [2.05, 4.69) is 15.5 Å². The van der Waals surface area contributed by atoms with Gasteiger partial charge in [0.1, 0.15) is 0 Å². The van der Waals surface area contributed by atoms with Crippen LogP contribution in [0, 0.1) is 13.8 Å². The van der Waals surface area contributed by atoms with Gasteiger partial charge in [-0.15, -0.1) is 10.2 Å². The molecule has 0 bridgehead atoms. The molecule has 1 amide bonds. The average Bonchev–Trinajstić information content (AvgIpc) is 3.07. The zero-order valence-electron chi connectivity index (χ0n) is 15.5. The first-order valence-corrected chi connectivity index (χ1v) is 10.0. The van der Waals surface area contributed by atoms with Gasteiger partial charge in [0, 0.05) is 22.8 Å². The van der Waals surface area contributed by atoms with E-state index in [1.807, 2.05) is 67.8 Å². The standard InChI is InChI=1S/C20H21ClN4OS/c1-4-25-19(15-8-7-14(3)17(21)11-15)23-24-20(25)27-12-18(26)22-16-9-5-13(2)6-10-16/h5-11H,4,12H2,1-3H3,(H,22,26). The predicted octanol–water partition coefficient (Wildman–Crippen LogP) is 4.97. The fourth-order valence-electron chi connectivity index (χ4n) is 2.59. The zero-order chi connectivity index (χ0) is 19.4. The van der Waals surface area contributed by atoms with Gasteiger partial charge in [0.25, 0.3) is 0 Å². The first kappa shape index (κ1) is 19.5. The van der Waals surface area contributed by atoms with Crippen LogP contribution in [0.5, 0.6) is 0 Å². The molecule has 0 aliphatic heterocycles. The topological polar surface area (TPSA) is 59.8 Å². The first-order chi connectivity index (χ1) is 13.0. The minimum Gasteiger partial charge on any atom is -0.325 e. The fourth-order valence-corrected chi connectivity index (χ4v) is 3.57. The Morgan fingerprint density at radius 3 is 2.56 bits per heavy atom. The lowest BCUT2D eigenvalue weighted by Gasteiger charge is -2.09. The second-order valence-electron chi connectivity index (χ2n) is 6.22. The lowest BCUT2D eigenvalue weighted by Crippen LogP contribution is -2.14. The molecule has 1 aromatic heterocycles. The molecule has 1 heterocycles. The molecule has 0 aliphatic rings. The molecule has 0 radical (unpaired) electrons. The second-order valence-corrected chi connectivity index (χ2v) is 7.57. The van der Waals surface area contributed by atoms with Crippen LogP contribution >= 0.6 is 23.4 Å². The van der Waals surface area contributed by atoms with Crippen LogP contribution in [0.25, 0.3) is 11.4 Å². The maximum Gasteiger partial charge on any atom is 0.234 e. The van der Waals surface area contributed by atoms with Gasteiger partial charge in [-0.3, -0.25) is 4.79 Å². The number of amides is 1. The van der Waals surface area contributed by atoms with Crippen molar-refractivity contribution in [3.05, 3.63) is 58.6 Å². The summed E-state index contributed by atoms with van der Waals surface area (Å²) < 4.78 is 1.99. The van der Waals surface area contributed by atoms with E-state index in [0.29, 0.717) is 16.7 Å². The van der Waals surface area contributed by atoms with E-state index in [1.165, 1.54) is 11.8 Å². The summed E-state index contributed by atoms with van der Waals surface area (Å²) in [6.45, 7) is 6.71. The molecule has 0 fully saturated rings. The van der Waals surface area contributed by atoms with Crippen LogP contribution in [0.15, 0.2) is 47.6 Å². The number of carbonyl (C=O) groups excluding carboxylic acids is 1. The summed E-state index contributed by atoms with van der Waals surface area (Å²) in [4.78, 5) is 12.2. The van der Waals surface area contributed by atoms with Crippen LogP contribution in [0.2, 0.25) is 5.02 Å². The number of thioether (sulfide) groups is 1. The van der Waals surface area contributed by atoms with Crippen molar-refractivity contribution in [2.45, 2.75) is 32.5 Å². The summed E-state index contributed by atoms with van der Waals surface area (Å²) in [6, 6.07) is 13.6. The highest BCUT2D eigenvalue weighted by Crippen LogP contribution is 2.27. The summed E-state index contributed by atoms with van der Waals surface area (Å²) >= 11 is 7.61. The monoisotopic (exact) mass is 400 g/mol. The number of aromatic nitrogens is 3. The molecule has 7 heteroatoms. The Hall–Kier alpha value is -2.31. The molecule has 5 nitrogen and oxygen atoms in total. The lowest BCUT2D eigenvalue weighted by molar-refractivity contribution is -0.113. The Bertz CT molecular complexity index is 953. The van der Waals surface area contributed by atoms with Crippen molar-refractivity contribution >= 4 is 35.0 Å². The summed E-state index contributed by atoms with van der Waals surface area (Å²) in [5, 5.41) is 12.9. The van der Waals surface area contributed by atoms with Crippen LogP contribution < -0.4 is 5.32 Å². The molecule has 2 aromatic carbocycles. The Morgan fingerprint density at radius 1 is 1.15 bits per heavy atom. The SMILES string of the molecule is CCn1c(SCC(=O)Nc2ccc(C)cc2)nnc1-c1ccc(C)c(Cl)c1. The van der Waals surface area contributed by atoms with Gasteiger partial charge in [-0.2, -0.15) is 0 Å². The van der Waals surface area contributed by atoms with Crippen molar-refractivity contribution in [3.8, 4) is 11.4 Å². The number of halogens is 1. The third-order valence-electron chi connectivity index (χ3n) is 4.13. The average molecular weight is 401 g/mol. The number of nitrogens with one attached hydrogen (secondary N) is 1. The molecule has 0 aliphatic carbocycles. The number of hydrogen-bond donors (Lipinski definition) is 1. The third kappa shape index (κ3) is 4.70. The summed E-state index contributed by atoms with van der Waals surface area (Å²) in [7, 11) is 0. The quantitative estimate of drug-likeness (QED) is 0.593. The molecular weight excluding hydrogens is 380 g/mol. The number of rotatable bonds is 6. The van der Waals surface area contributed by atoms with Gasteiger partial charge in [-0.05, 0) is 44.5 Å². The van der Waals surface area contributed by atoms with E-state index >= 15 is 0 Å². The largest absolute Gasteiger partial charge is 0.325 e. The number of hydrogen-bond acceptors (Lipinski definition) is 4. The molecule has 0 unspecified atom stereocenters. The van der Waals surface area contributed by atoms with E-state index < -0.39 is 0 Å². The highest BCUT2D eigenvalue weighted by atomic mass is 35.5. The highest BCUT2D eigenvalue weighted by Gasteiger charge is 2.15. The van der Waals surface area contributed by atoms with E-state index in [1.54, 1.807) is 0 Å². The van der Waals surface area contributed by atoms with Crippen molar-refractivity contribution in [1.82, 2.24) is 14.8 Å². The van der Waals surface area contributed by atoms with Gasteiger partial charge in [0.2, 0.25) is 5.91 Å². The molecule has 27 heavy (non-hydrogen) atoms. The maximum atomic E-state index is 12.2. The molecule has 0 atom stereocenters. The van der Waals surface area contributed by atoms with Crippen LogP contribution in [0.1, 0.15) is 18.1 Å². The lowest BCUT2D eigenvalue weighted by atomic mass is 10.1. The van der Waals surface area contributed by atoms with Gasteiger partial charge >= 0.3 is 0 Å². The van der Waals surface area contributed by atoms with Gasteiger partial charge in [0.05, 0.1) is 5.75 Å².